The second-order valence-corrected chi connectivity index (χ2v) is 4.04. The van der Waals surface area contributed by atoms with Crippen LogP contribution in [0.2, 0.25) is 5.02 Å². The van der Waals surface area contributed by atoms with Gasteiger partial charge in [-0.05, 0) is 17.7 Å². The minimum atomic E-state index is -2.58. The van der Waals surface area contributed by atoms with Crippen LogP contribution in [0.1, 0.15) is 12.0 Å². The molecule has 0 aliphatic rings. The maximum Gasteiger partial charge on any atom is 0.264 e. The van der Waals surface area contributed by atoms with E-state index < -0.39 is 6.43 Å². The molecule has 0 amide bonds. The SMILES string of the molecule is Cn1ncc(-c2cc(Cl)ccc2C(F)F)c1N. The molecule has 0 atom stereocenters. The number of benzene rings is 1. The van der Waals surface area contributed by atoms with Gasteiger partial charge in [-0.1, -0.05) is 17.7 Å². The Hall–Kier alpha value is -1.62. The van der Waals surface area contributed by atoms with E-state index >= 15 is 0 Å². The summed E-state index contributed by atoms with van der Waals surface area (Å²) in [7, 11) is 1.64. The minimum Gasteiger partial charge on any atom is -0.383 e. The monoisotopic (exact) mass is 257 g/mol. The highest BCUT2D eigenvalue weighted by Gasteiger charge is 2.18. The smallest absolute Gasteiger partial charge is 0.264 e. The topological polar surface area (TPSA) is 43.8 Å². The van der Waals surface area contributed by atoms with Crippen LogP contribution in [-0.2, 0) is 7.05 Å². The Bertz CT molecular complexity index is 552. The first-order chi connectivity index (χ1) is 8.00. The van der Waals surface area contributed by atoms with E-state index in [1.54, 1.807) is 7.05 Å². The Morgan fingerprint density at radius 1 is 1.35 bits per heavy atom. The Labute approximate surface area is 102 Å². The molecule has 17 heavy (non-hydrogen) atoms. The summed E-state index contributed by atoms with van der Waals surface area (Å²) in [6.07, 6.45) is -1.13. The molecular weight excluding hydrogens is 248 g/mol. The van der Waals surface area contributed by atoms with Gasteiger partial charge in [0.2, 0.25) is 0 Å². The summed E-state index contributed by atoms with van der Waals surface area (Å²) in [5, 5.41) is 4.31. The van der Waals surface area contributed by atoms with E-state index in [1.807, 2.05) is 0 Å². The van der Waals surface area contributed by atoms with Crippen molar-refractivity contribution in [2.45, 2.75) is 6.43 Å². The summed E-state index contributed by atoms with van der Waals surface area (Å²) < 4.78 is 27.2. The maximum atomic E-state index is 12.9. The zero-order valence-electron chi connectivity index (χ0n) is 8.99. The van der Waals surface area contributed by atoms with E-state index in [-0.39, 0.29) is 5.56 Å². The molecule has 2 N–H and O–H groups in total. The number of aromatic nitrogens is 2. The van der Waals surface area contributed by atoms with Gasteiger partial charge in [-0.25, -0.2) is 8.78 Å². The van der Waals surface area contributed by atoms with Gasteiger partial charge in [-0.15, -0.1) is 0 Å². The fourth-order valence-corrected chi connectivity index (χ4v) is 1.78. The van der Waals surface area contributed by atoms with Crippen molar-refractivity contribution in [3.05, 3.63) is 35.0 Å². The second kappa shape index (κ2) is 4.33. The van der Waals surface area contributed by atoms with Gasteiger partial charge in [0.25, 0.3) is 6.43 Å². The lowest BCUT2D eigenvalue weighted by Crippen LogP contribution is -1.99. The average molecular weight is 258 g/mol. The number of rotatable bonds is 2. The highest BCUT2D eigenvalue weighted by molar-refractivity contribution is 6.30. The molecule has 0 aliphatic heterocycles. The van der Waals surface area contributed by atoms with Crippen molar-refractivity contribution in [3.8, 4) is 11.1 Å². The van der Waals surface area contributed by atoms with Crippen LogP contribution in [0.3, 0.4) is 0 Å². The molecule has 90 valence electrons. The molecule has 0 unspecified atom stereocenters. The largest absolute Gasteiger partial charge is 0.383 e. The minimum absolute atomic E-state index is 0.103. The third-order valence-electron chi connectivity index (χ3n) is 2.53. The maximum absolute atomic E-state index is 12.9. The Balaban J connectivity index is 2.65. The summed E-state index contributed by atoms with van der Waals surface area (Å²) in [6, 6.07) is 4.20. The molecule has 0 fully saturated rings. The van der Waals surface area contributed by atoms with Gasteiger partial charge < -0.3 is 5.73 Å². The van der Waals surface area contributed by atoms with Crippen molar-refractivity contribution in [2.24, 2.45) is 7.05 Å². The van der Waals surface area contributed by atoms with E-state index in [0.717, 1.165) is 0 Å². The van der Waals surface area contributed by atoms with Crippen molar-refractivity contribution in [1.82, 2.24) is 9.78 Å². The lowest BCUT2D eigenvalue weighted by atomic mass is 10.0. The number of alkyl halides is 2. The third kappa shape index (κ3) is 2.10. The van der Waals surface area contributed by atoms with Gasteiger partial charge in [0.15, 0.2) is 0 Å². The average Bonchev–Trinajstić information content (AvgIpc) is 2.59. The lowest BCUT2D eigenvalue weighted by molar-refractivity contribution is 0.152. The van der Waals surface area contributed by atoms with Crippen molar-refractivity contribution >= 4 is 17.4 Å². The quantitative estimate of drug-likeness (QED) is 0.897. The first-order valence-electron chi connectivity index (χ1n) is 4.86. The number of anilines is 1. The van der Waals surface area contributed by atoms with Gasteiger partial charge in [0.05, 0.1) is 6.20 Å². The molecule has 0 bridgehead atoms. The third-order valence-corrected chi connectivity index (χ3v) is 2.76. The van der Waals surface area contributed by atoms with E-state index in [1.165, 1.54) is 29.1 Å². The van der Waals surface area contributed by atoms with Crippen LogP contribution in [0.5, 0.6) is 0 Å². The number of nitrogens with two attached hydrogens (primary N) is 1. The first-order valence-corrected chi connectivity index (χ1v) is 5.24. The molecule has 3 nitrogen and oxygen atoms in total. The molecule has 6 heteroatoms. The summed E-state index contributed by atoms with van der Waals surface area (Å²) in [4.78, 5) is 0. The van der Waals surface area contributed by atoms with Gasteiger partial charge in [-0.2, -0.15) is 5.10 Å². The van der Waals surface area contributed by atoms with E-state index in [0.29, 0.717) is 22.0 Å². The summed E-state index contributed by atoms with van der Waals surface area (Å²) in [5.74, 6) is 0.328. The molecule has 2 aromatic rings. The Kier molecular flexibility index (Phi) is 3.02. The first kappa shape index (κ1) is 11.9. The van der Waals surface area contributed by atoms with Gasteiger partial charge in [-0.3, -0.25) is 4.68 Å². The van der Waals surface area contributed by atoms with Crippen molar-refractivity contribution in [3.63, 3.8) is 0 Å². The van der Waals surface area contributed by atoms with Crippen LogP contribution in [-0.4, -0.2) is 9.78 Å². The number of aryl methyl sites for hydroxylation is 1. The fourth-order valence-electron chi connectivity index (χ4n) is 1.61. The number of hydrogen-bond donors (Lipinski definition) is 1. The van der Waals surface area contributed by atoms with Crippen LogP contribution in [0, 0.1) is 0 Å². The molecule has 0 saturated carbocycles. The summed E-state index contributed by atoms with van der Waals surface area (Å²) in [5.41, 5.74) is 6.44. The van der Waals surface area contributed by atoms with Crippen LogP contribution >= 0.6 is 11.6 Å². The zero-order valence-corrected chi connectivity index (χ0v) is 9.75. The highest BCUT2D eigenvalue weighted by Crippen LogP contribution is 2.35. The van der Waals surface area contributed by atoms with Crippen LogP contribution in [0.4, 0.5) is 14.6 Å². The Morgan fingerprint density at radius 3 is 2.59 bits per heavy atom. The highest BCUT2D eigenvalue weighted by atomic mass is 35.5. The number of nitrogens with zero attached hydrogens (tertiary/aromatic N) is 2. The predicted octanol–water partition coefficient (Wildman–Crippen LogP) is 3.26. The van der Waals surface area contributed by atoms with Crippen LogP contribution in [0.15, 0.2) is 24.4 Å². The standard InChI is InChI=1S/C11H10ClF2N3/c1-17-11(15)9(5-16-17)8-4-6(12)2-3-7(8)10(13)14/h2-5,10H,15H2,1H3. The van der Waals surface area contributed by atoms with Crippen LogP contribution in [0.25, 0.3) is 11.1 Å². The van der Waals surface area contributed by atoms with Crippen LogP contribution < -0.4 is 5.73 Å². The molecule has 1 heterocycles. The molecule has 0 radical (unpaired) electrons. The normalized spacial score (nSPS) is 11.1. The molecule has 1 aromatic carbocycles. The molecule has 0 spiro atoms. The number of halogens is 3. The summed E-state index contributed by atoms with van der Waals surface area (Å²) in [6.45, 7) is 0. The predicted molar refractivity (Wildman–Crippen MR) is 63.0 cm³/mol. The van der Waals surface area contributed by atoms with E-state index in [9.17, 15) is 8.78 Å². The molecule has 1 aromatic heterocycles. The van der Waals surface area contributed by atoms with Crippen molar-refractivity contribution in [2.75, 3.05) is 5.73 Å². The molecule has 0 saturated heterocycles. The van der Waals surface area contributed by atoms with E-state index in [2.05, 4.69) is 5.10 Å². The molecule has 0 aliphatic carbocycles. The number of nitrogen functional groups attached to an aromatic ring is 1. The fraction of sp³-hybridized carbons (Fsp3) is 0.182. The number of hydrogen-bond acceptors (Lipinski definition) is 2. The Morgan fingerprint density at radius 2 is 2.06 bits per heavy atom. The van der Waals surface area contributed by atoms with Gasteiger partial charge in [0, 0.05) is 23.2 Å². The molecular formula is C11H10ClF2N3. The van der Waals surface area contributed by atoms with Gasteiger partial charge in [0.1, 0.15) is 5.82 Å². The summed E-state index contributed by atoms with van der Waals surface area (Å²) >= 11 is 5.82. The van der Waals surface area contributed by atoms with Gasteiger partial charge >= 0.3 is 0 Å². The van der Waals surface area contributed by atoms with E-state index in [4.69, 9.17) is 17.3 Å². The zero-order chi connectivity index (χ0) is 12.6. The van der Waals surface area contributed by atoms with Crippen molar-refractivity contribution in [1.29, 1.82) is 0 Å². The second-order valence-electron chi connectivity index (χ2n) is 3.60. The van der Waals surface area contributed by atoms with Crippen molar-refractivity contribution < 1.29 is 8.78 Å². The lowest BCUT2D eigenvalue weighted by Gasteiger charge is -2.08. The molecule has 2 rings (SSSR count).